The molecular formula is C28H23ClN2O3. The van der Waals surface area contributed by atoms with Crippen molar-refractivity contribution in [3.8, 4) is 0 Å². The van der Waals surface area contributed by atoms with Gasteiger partial charge in [-0.25, -0.2) is 0 Å². The summed E-state index contributed by atoms with van der Waals surface area (Å²) in [5.74, 6) is -1.37. The van der Waals surface area contributed by atoms with E-state index in [1.54, 1.807) is 24.3 Å². The fraction of sp³-hybridized carbons (Fsp3) is 0.143. The first-order chi connectivity index (χ1) is 16.5. The first kappa shape index (κ1) is 22.0. The third-order valence-corrected chi connectivity index (χ3v) is 6.53. The molecule has 0 radical (unpaired) electrons. The summed E-state index contributed by atoms with van der Waals surface area (Å²) in [7, 11) is 0. The van der Waals surface area contributed by atoms with Gasteiger partial charge in [-0.1, -0.05) is 66.2 Å². The van der Waals surface area contributed by atoms with Crippen molar-refractivity contribution in [2.45, 2.75) is 25.8 Å². The lowest BCUT2D eigenvalue weighted by atomic mass is 9.91. The zero-order valence-electron chi connectivity index (χ0n) is 18.6. The number of hydrogen-bond acceptors (Lipinski definition) is 3. The normalized spacial score (nSPS) is 16.0. The SMILES string of the molecule is Cc1[nH]c2ccccc2c1C1C(C(=O)CCc2ccccc2)=C(O)C(=O)N1c1cccc(Cl)c1. The Bertz CT molecular complexity index is 1440. The molecule has 5 nitrogen and oxygen atoms in total. The highest BCUT2D eigenvalue weighted by Crippen LogP contribution is 2.45. The second kappa shape index (κ2) is 8.84. The molecule has 4 aromatic rings. The van der Waals surface area contributed by atoms with Crippen LogP contribution in [0.4, 0.5) is 5.69 Å². The Morgan fingerprint density at radius 2 is 1.76 bits per heavy atom. The third kappa shape index (κ3) is 3.78. The van der Waals surface area contributed by atoms with Crippen LogP contribution in [0.5, 0.6) is 0 Å². The molecule has 1 aliphatic rings. The van der Waals surface area contributed by atoms with Crippen LogP contribution in [-0.2, 0) is 16.0 Å². The minimum Gasteiger partial charge on any atom is -0.503 e. The van der Waals surface area contributed by atoms with Crippen molar-refractivity contribution in [1.29, 1.82) is 0 Å². The molecule has 1 aliphatic heterocycles. The number of aliphatic hydroxyl groups is 1. The molecular weight excluding hydrogens is 448 g/mol. The van der Waals surface area contributed by atoms with E-state index in [4.69, 9.17) is 11.6 Å². The Hall–Kier alpha value is -3.83. The summed E-state index contributed by atoms with van der Waals surface area (Å²) in [5, 5.41) is 12.3. The lowest BCUT2D eigenvalue weighted by Crippen LogP contribution is -2.31. The number of hydrogen-bond donors (Lipinski definition) is 2. The van der Waals surface area contributed by atoms with Crippen molar-refractivity contribution in [3.05, 3.63) is 112 Å². The number of anilines is 1. The zero-order valence-corrected chi connectivity index (χ0v) is 19.3. The molecule has 0 saturated heterocycles. The quantitative estimate of drug-likeness (QED) is 0.350. The summed E-state index contributed by atoms with van der Waals surface area (Å²) in [6, 6.07) is 23.6. The van der Waals surface area contributed by atoms with Crippen LogP contribution in [0.3, 0.4) is 0 Å². The summed E-state index contributed by atoms with van der Waals surface area (Å²) < 4.78 is 0. The van der Waals surface area contributed by atoms with Crippen molar-refractivity contribution in [1.82, 2.24) is 4.98 Å². The van der Waals surface area contributed by atoms with Crippen molar-refractivity contribution < 1.29 is 14.7 Å². The Morgan fingerprint density at radius 1 is 1.03 bits per heavy atom. The van der Waals surface area contributed by atoms with E-state index >= 15 is 0 Å². The number of carbonyl (C=O) groups excluding carboxylic acids is 2. The number of amides is 1. The number of Topliss-reactive ketones (excluding diaryl/α,β-unsaturated/α-hetero) is 1. The van der Waals surface area contributed by atoms with Crippen LogP contribution in [-0.4, -0.2) is 21.8 Å². The summed E-state index contributed by atoms with van der Waals surface area (Å²) >= 11 is 6.24. The van der Waals surface area contributed by atoms with E-state index in [-0.39, 0.29) is 17.8 Å². The highest BCUT2D eigenvalue weighted by Gasteiger charge is 2.45. The van der Waals surface area contributed by atoms with Gasteiger partial charge < -0.3 is 10.1 Å². The number of aliphatic hydroxyl groups excluding tert-OH is 1. The molecule has 1 unspecified atom stereocenters. The van der Waals surface area contributed by atoms with Crippen molar-refractivity contribution in [3.63, 3.8) is 0 Å². The number of para-hydroxylation sites is 1. The molecule has 0 fully saturated rings. The molecule has 0 bridgehead atoms. The van der Waals surface area contributed by atoms with Gasteiger partial charge in [0.1, 0.15) is 0 Å². The number of rotatable bonds is 6. The molecule has 5 rings (SSSR count). The number of benzene rings is 3. The van der Waals surface area contributed by atoms with Crippen LogP contribution in [0, 0.1) is 6.92 Å². The fourth-order valence-electron chi connectivity index (χ4n) is 4.74. The Morgan fingerprint density at radius 3 is 2.53 bits per heavy atom. The monoisotopic (exact) mass is 470 g/mol. The number of aromatic amines is 1. The van der Waals surface area contributed by atoms with Gasteiger partial charge in [0.25, 0.3) is 5.91 Å². The van der Waals surface area contributed by atoms with Crippen LogP contribution in [0.15, 0.2) is 90.2 Å². The number of nitrogens with zero attached hydrogens (tertiary/aromatic N) is 1. The highest BCUT2D eigenvalue weighted by atomic mass is 35.5. The van der Waals surface area contributed by atoms with Gasteiger partial charge in [0.15, 0.2) is 11.5 Å². The predicted molar refractivity (Wildman–Crippen MR) is 134 cm³/mol. The van der Waals surface area contributed by atoms with Crippen molar-refractivity contribution in [2.75, 3.05) is 4.90 Å². The molecule has 3 aromatic carbocycles. The van der Waals surface area contributed by atoms with Gasteiger partial charge in [-0.15, -0.1) is 0 Å². The van der Waals surface area contributed by atoms with Gasteiger partial charge in [-0.05, 0) is 43.2 Å². The molecule has 1 atom stereocenters. The smallest absolute Gasteiger partial charge is 0.294 e. The summed E-state index contributed by atoms with van der Waals surface area (Å²) in [4.78, 5) is 31.7. The number of fused-ring (bicyclic) bond motifs is 1. The number of nitrogens with one attached hydrogen (secondary N) is 1. The van der Waals surface area contributed by atoms with Gasteiger partial charge >= 0.3 is 0 Å². The number of H-pyrrole nitrogens is 1. The Kier molecular flexibility index (Phi) is 5.72. The summed E-state index contributed by atoms with van der Waals surface area (Å²) in [5.41, 5.74) is 4.17. The molecule has 1 amide bonds. The molecule has 0 aliphatic carbocycles. The highest BCUT2D eigenvalue weighted by molar-refractivity contribution is 6.31. The van der Waals surface area contributed by atoms with E-state index in [0.29, 0.717) is 17.1 Å². The van der Waals surface area contributed by atoms with Gasteiger partial charge in [-0.3, -0.25) is 14.5 Å². The predicted octanol–water partition coefficient (Wildman–Crippen LogP) is 6.23. The molecule has 170 valence electrons. The van der Waals surface area contributed by atoms with E-state index in [1.807, 2.05) is 61.5 Å². The van der Waals surface area contributed by atoms with Crippen molar-refractivity contribution >= 4 is 39.9 Å². The van der Waals surface area contributed by atoms with E-state index < -0.39 is 17.7 Å². The molecule has 1 aromatic heterocycles. The Balaban J connectivity index is 1.63. The zero-order chi connectivity index (χ0) is 23.8. The first-order valence-electron chi connectivity index (χ1n) is 11.1. The molecule has 0 saturated carbocycles. The second-order valence-corrected chi connectivity index (χ2v) is 8.87. The Labute approximate surface area is 202 Å². The number of halogens is 1. The van der Waals surface area contributed by atoms with E-state index in [9.17, 15) is 14.7 Å². The largest absolute Gasteiger partial charge is 0.503 e. The van der Waals surface area contributed by atoms with Crippen LogP contribution in [0.25, 0.3) is 10.9 Å². The molecule has 0 spiro atoms. The van der Waals surface area contributed by atoms with Gasteiger partial charge in [0.2, 0.25) is 0 Å². The average Bonchev–Trinajstić information content (AvgIpc) is 3.30. The van der Waals surface area contributed by atoms with Gasteiger partial charge in [0.05, 0.1) is 11.6 Å². The van der Waals surface area contributed by atoms with E-state index in [1.165, 1.54) is 4.90 Å². The maximum absolute atomic E-state index is 13.5. The van der Waals surface area contributed by atoms with Crippen molar-refractivity contribution in [2.24, 2.45) is 0 Å². The molecule has 34 heavy (non-hydrogen) atoms. The van der Waals surface area contributed by atoms with Gasteiger partial charge in [0, 0.05) is 39.3 Å². The molecule has 6 heteroatoms. The molecule has 2 N–H and O–H groups in total. The maximum Gasteiger partial charge on any atom is 0.294 e. The maximum atomic E-state index is 13.5. The number of carbonyl (C=O) groups is 2. The average molecular weight is 471 g/mol. The minimum absolute atomic E-state index is 0.119. The molecule has 2 heterocycles. The van der Waals surface area contributed by atoms with Crippen LogP contribution in [0.1, 0.15) is 29.3 Å². The fourth-order valence-corrected chi connectivity index (χ4v) is 4.93. The van der Waals surface area contributed by atoms with Crippen LogP contribution in [0.2, 0.25) is 5.02 Å². The lowest BCUT2D eigenvalue weighted by molar-refractivity contribution is -0.118. The van der Waals surface area contributed by atoms with Gasteiger partial charge in [-0.2, -0.15) is 0 Å². The van der Waals surface area contributed by atoms with Crippen LogP contribution < -0.4 is 4.90 Å². The summed E-state index contributed by atoms with van der Waals surface area (Å²) in [6.45, 7) is 1.91. The lowest BCUT2D eigenvalue weighted by Gasteiger charge is -2.27. The summed E-state index contributed by atoms with van der Waals surface area (Å²) in [6.07, 6.45) is 0.694. The number of aryl methyl sites for hydroxylation is 2. The van der Waals surface area contributed by atoms with E-state index in [2.05, 4.69) is 4.98 Å². The number of ketones is 1. The first-order valence-corrected chi connectivity index (χ1v) is 11.5. The minimum atomic E-state index is -0.773. The standard InChI is InChI=1S/C28H23ClN2O3/c1-17-24(21-12-5-6-13-22(21)30-17)26-25(23(32)15-14-18-8-3-2-4-9-18)27(33)28(34)31(26)20-11-7-10-19(29)16-20/h2-13,16,26,30,33H,14-15H2,1H3. The second-order valence-electron chi connectivity index (χ2n) is 8.44. The van der Waals surface area contributed by atoms with E-state index in [0.717, 1.165) is 27.7 Å². The van der Waals surface area contributed by atoms with Crippen LogP contribution >= 0.6 is 11.6 Å². The topological polar surface area (TPSA) is 73.4 Å². The third-order valence-electron chi connectivity index (χ3n) is 6.30. The number of aromatic nitrogens is 1.